The van der Waals surface area contributed by atoms with Crippen molar-refractivity contribution in [1.29, 1.82) is 0 Å². The van der Waals surface area contributed by atoms with Crippen LogP contribution in [0.2, 0.25) is 0 Å². The van der Waals surface area contributed by atoms with Crippen LogP contribution >= 0.6 is 0 Å². The Morgan fingerprint density at radius 1 is 1.46 bits per heavy atom. The van der Waals surface area contributed by atoms with Crippen LogP contribution in [0.25, 0.3) is 0 Å². The van der Waals surface area contributed by atoms with Crippen LogP contribution in [-0.2, 0) is 0 Å². The third kappa shape index (κ3) is 2.81. The van der Waals surface area contributed by atoms with E-state index in [1.165, 1.54) is 9.80 Å². The number of amides is 2. The van der Waals surface area contributed by atoms with Gasteiger partial charge in [-0.1, -0.05) is 5.16 Å². The third-order valence-electron chi connectivity index (χ3n) is 1.81. The molecule has 0 bridgehead atoms. The van der Waals surface area contributed by atoms with Crippen molar-refractivity contribution in [2.75, 3.05) is 21.1 Å². The fourth-order valence-electron chi connectivity index (χ4n) is 0.763. The molecule has 0 aromatic heterocycles. The molecule has 0 aromatic rings. The number of carbonyl (C=O) groups excluding carboxylic acids is 1. The second-order valence-electron chi connectivity index (χ2n) is 2.99. The monoisotopic (exact) mass is 188 g/mol. The summed E-state index contributed by atoms with van der Waals surface area (Å²) in [5, 5.41) is 11.2. The molecule has 0 fully saturated rings. The number of likely N-dealkylation sites (N-methyl/N-ethyl adjacent to an activating group) is 1. The van der Waals surface area contributed by atoms with Gasteiger partial charge < -0.3 is 20.7 Å². The Morgan fingerprint density at radius 3 is 2.23 bits per heavy atom. The van der Waals surface area contributed by atoms with Gasteiger partial charge in [0.05, 0.1) is 6.04 Å². The van der Waals surface area contributed by atoms with Gasteiger partial charge >= 0.3 is 6.03 Å². The van der Waals surface area contributed by atoms with Gasteiger partial charge in [0.2, 0.25) is 0 Å². The summed E-state index contributed by atoms with van der Waals surface area (Å²) in [6.07, 6.45) is 0. The lowest BCUT2D eigenvalue weighted by Crippen LogP contribution is -2.47. The maximum Gasteiger partial charge on any atom is 0.319 e. The lowest BCUT2D eigenvalue weighted by atomic mass is 10.3. The first-order chi connectivity index (χ1) is 5.91. The molecule has 0 aliphatic carbocycles. The van der Waals surface area contributed by atoms with E-state index in [4.69, 9.17) is 10.9 Å². The third-order valence-corrected chi connectivity index (χ3v) is 1.81. The average molecular weight is 188 g/mol. The van der Waals surface area contributed by atoms with Gasteiger partial charge in [0.1, 0.15) is 0 Å². The Bertz CT molecular complexity index is 215. The minimum atomic E-state index is -0.417. The molecule has 6 heteroatoms. The standard InChI is InChI=1S/C7H16N4O2/c1-5(6(8)9-13)11(4)7(12)10(2)3/h5,13H,1-4H3,(H2,8,9). The van der Waals surface area contributed by atoms with Crippen LogP contribution in [0.1, 0.15) is 6.92 Å². The molecule has 0 aromatic carbocycles. The van der Waals surface area contributed by atoms with Crippen molar-refractivity contribution in [3.63, 3.8) is 0 Å². The van der Waals surface area contributed by atoms with E-state index in [0.717, 1.165) is 0 Å². The summed E-state index contributed by atoms with van der Waals surface area (Å²) in [5.41, 5.74) is 5.34. The van der Waals surface area contributed by atoms with Gasteiger partial charge in [0.15, 0.2) is 5.84 Å². The predicted octanol–water partition coefficient (Wildman–Crippen LogP) is -0.265. The molecule has 3 N–H and O–H groups in total. The molecule has 1 unspecified atom stereocenters. The zero-order valence-corrected chi connectivity index (χ0v) is 8.35. The summed E-state index contributed by atoms with van der Waals surface area (Å²) >= 11 is 0. The largest absolute Gasteiger partial charge is 0.409 e. The Balaban J connectivity index is 4.43. The number of oxime groups is 1. The molecule has 2 amide bonds. The Labute approximate surface area is 77.6 Å². The summed E-state index contributed by atoms with van der Waals surface area (Å²) in [5.74, 6) is 0.0118. The van der Waals surface area contributed by atoms with Crippen molar-refractivity contribution in [3.05, 3.63) is 0 Å². The van der Waals surface area contributed by atoms with E-state index in [9.17, 15) is 4.79 Å². The second kappa shape index (κ2) is 4.54. The highest BCUT2D eigenvalue weighted by molar-refractivity contribution is 5.88. The van der Waals surface area contributed by atoms with Gasteiger partial charge in [-0.2, -0.15) is 0 Å². The quantitative estimate of drug-likeness (QED) is 0.271. The maximum atomic E-state index is 11.4. The highest BCUT2D eigenvalue weighted by atomic mass is 16.4. The maximum absolute atomic E-state index is 11.4. The summed E-state index contributed by atoms with van der Waals surface area (Å²) in [6, 6.07) is -0.612. The van der Waals surface area contributed by atoms with Crippen LogP contribution in [0, 0.1) is 0 Å². The molecular formula is C7H16N4O2. The van der Waals surface area contributed by atoms with Gasteiger partial charge in [0.25, 0.3) is 0 Å². The first kappa shape index (κ1) is 11.5. The highest BCUT2D eigenvalue weighted by Gasteiger charge is 2.20. The number of rotatable bonds is 2. The van der Waals surface area contributed by atoms with Gasteiger partial charge in [-0.3, -0.25) is 0 Å². The number of nitrogens with zero attached hydrogens (tertiary/aromatic N) is 3. The first-order valence-corrected chi connectivity index (χ1v) is 3.83. The summed E-state index contributed by atoms with van der Waals surface area (Å²) < 4.78 is 0. The number of carbonyl (C=O) groups is 1. The van der Waals surface area contributed by atoms with Gasteiger partial charge in [-0.25, -0.2) is 4.79 Å². The average Bonchev–Trinajstić information content (AvgIpc) is 2.12. The molecule has 0 radical (unpaired) electrons. The zero-order chi connectivity index (χ0) is 10.6. The van der Waals surface area contributed by atoms with E-state index in [1.54, 1.807) is 28.1 Å². The van der Waals surface area contributed by atoms with Gasteiger partial charge in [0, 0.05) is 21.1 Å². The molecule has 0 aliphatic heterocycles. The first-order valence-electron chi connectivity index (χ1n) is 3.83. The van der Waals surface area contributed by atoms with Crippen molar-refractivity contribution in [2.45, 2.75) is 13.0 Å². The van der Waals surface area contributed by atoms with Crippen molar-refractivity contribution in [1.82, 2.24) is 9.80 Å². The van der Waals surface area contributed by atoms with E-state index in [-0.39, 0.29) is 11.9 Å². The molecular weight excluding hydrogens is 172 g/mol. The van der Waals surface area contributed by atoms with Crippen LogP contribution in [0.3, 0.4) is 0 Å². The van der Waals surface area contributed by atoms with E-state index in [1.807, 2.05) is 0 Å². The van der Waals surface area contributed by atoms with E-state index in [0.29, 0.717) is 0 Å². The number of nitrogens with two attached hydrogens (primary N) is 1. The Hall–Kier alpha value is -1.46. The van der Waals surface area contributed by atoms with Crippen molar-refractivity contribution in [3.8, 4) is 0 Å². The van der Waals surface area contributed by atoms with Gasteiger partial charge in [-0.15, -0.1) is 0 Å². The van der Waals surface area contributed by atoms with E-state index in [2.05, 4.69) is 5.16 Å². The number of hydrogen-bond acceptors (Lipinski definition) is 3. The highest BCUT2D eigenvalue weighted by Crippen LogP contribution is 1.99. The fraction of sp³-hybridized carbons (Fsp3) is 0.714. The normalized spacial score (nSPS) is 13.7. The van der Waals surface area contributed by atoms with Crippen LogP contribution in [0.5, 0.6) is 0 Å². The summed E-state index contributed by atoms with van der Waals surface area (Å²) in [7, 11) is 4.86. The molecule has 0 rings (SSSR count). The second-order valence-corrected chi connectivity index (χ2v) is 2.99. The topological polar surface area (TPSA) is 82.2 Å². The SMILES string of the molecule is CC(C(N)=NO)N(C)C(=O)N(C)C. The van der Waals surface area contributed by atoms with E-state index >= 15 is 0 Å². The number of urea groups is 1. The fourth-order valence-corrected chi connectivity index (χ4v) is 0.763. The predicted molar refractivity (Wildman–Crippen MR) is 49.7 cm³/mol. The van der Waals surface area contributed by atoms with Crippen LogP contribution in [0.15, 0.2) is 5.16 Å². The molecule has 6 nitrogen and oxygen atoms in total. The molecule has 0 heterocycles. The van der Waals surface area contributed by atoms with Crippen molar-refractivity contribution in [2.24, 2.45) is 10.9 Å². The molecule has 76 valence electrons. The summed E-state index contributed by atoms with van der Waals surface area (Å²) in [6.45, 7) is 1.68. The lowest BCUT2D eigenvalue weighted by Gasteiger charge is -2.26. The van der Waals surface area contributed by atoms with Crippen LogP contribution in [-0.4, -0.2) is 54.1 Å². The summed E-state index contributed by atoms with van der Waals surface area (Å²) in [4.78, 5) is 14.2. The zero-order valence-electron chi connectivity index (χ0n) is 8.35. The lowest BCUT2D eigenvalue weighted by molar-refractivity contribution is 0.176. The smallest absolute Gasteiger partial charge is 0.319 e. The van der Waals surface area contributed by atoms with Crippen molar-refractivity contribution < 1.29 is 10.0 Å². The number of hydrogen-bond donors (Lipinski definition) is 2. The molecule has 0 spiro atoms. The molecule has 13 heavy (non-hydrogen) atoms. The minimum Gasteiger partial charge on any atom is -0.409 e. The van der Waals surface area contributed by atoms with Crippen LogP contribution < -0.4 is 5.73 Å². The van der Waals surface area contributed by atoms with E-state index < -0.39 is 6.04 Å². The molecule has 1 atom stereocenters. The van der Waals surface area contributed by atoms with Crippen LogP contribution in [0.4, 0.5) is 4.79 Å². The Morgan fingerprint density at radius 2 is 1.92 bits per heavy atom. The molecule has 0 aliphatic rings. The molecule has 0 saturated carbocycles. The Kier molecular flexibility index (Phi) is 4.03. The number of amidine groups is 1. The molecule has 0 saturated heterocycles. The van der Waals surface area contributed by atoms with Gasteiger partial charge in [-0.05, 0) is 6.92 Å². The van der Waals surface area contributed by atoms with Crippen molar-refractivity contribution >= 4 is 11.9 Å². The minimum absolute atomic E-state index is 0.0118.